The van der Waals surface area contributed by atoms with Crippen LogP contribution >= 0.6 is 0 Å². The zero-order valence-electron chi connectivity index (χ0n) is 18.9. The zero-order chi connectivity index (χ0) is 22.8. The van der Waals surface area contributed by atoms with Crippen LogP contribution in [-0.2, 0) is 9.53 Å². The monoisotopic (exact) mass is 417 g/mol. The van der Waals surface area contributed by atoms with Crippen molar-refractivity contribution in [2.75, 3.05) is 0 Å². The summed E-state index contributed by atoms with van der Waals surface area (Å²) in [5.74, 6) is -1.30. The average Bonchev–Trinajstić information content (AvgIpc) is 3.02. The minimum absolute atomic E-state index is 0.0623. The lowest BCUT2D eigenvalue weighted by Crippen LogP contribution is -2.50. The maximum absolute atomic E-state index is 12.9. The number of hydrogen-bond acceptors (Lipinski definition) is 6. The van der Waals surface area contributed by atoms with Gasteiger partial charge in [-0.25, -0.2) is 19.3 Å². The topological polar surface area (TPSA) is 115 Å². The van der Waals surface area contributed by atoms with Crippen LogP contribution in [0.25, 0.3) is 11.0 Å². The van der Waals surface area contributed by atoms with Gasteiger partial charge < -0.3 is 10.1 Å². The first-order valence-corrected chi connectivity index (χ1v) is 10.0. The van der Waals surface area contributed by atoms with Gasteiger partial charge in [-0.15, -0.1) is 0 Å². The molecule has 2 heterocycles. The fourth-order valence-corrected chi connectivity index (χ4v) is 2.74. The number of fused-ring (bicyclic) bond motifs is 1. The maximum Gasteiger partial charge on any atom is 0.339 e. The number of imide groups is 1. The number of aromatic nitrogens is 3. The molecule has 1 atom stereocenters. The number of urea groups is 1. The highest BCUT2D eigenvalue weighted by molar-refractivity contribution is 6.04. The summed E-state index contributed by atoms with van der Waals surface area (Å²) in [6, 6.07) is 1.08. The summed E-state index contributed by atoms with van der Waals surface area (Å²) in [6.45, 7) is 14.7. The van der Waals surface area contributed by atoms with Gasteiger partial charge in [-0.2, -0.15) is 5.10 Å². The largest absolute Gasteiger partial charge is 0.449 e. The van der Waals surface area contributed by atoms with Gasteiger partial charge >= 0.3 is 12.0 Å². The third kappa shape index (κ3) is 5.55. The standard InChI is InChI=1S/C21H31N5O4/c1-11(2)16-9-14(15-10-22-26(12(3)4)17(15)23-16)19(28)30-13(5)18(27)24-20(29)25-21(6,7)8/h9-13H,1-8H3,(H2,24,25,27,29)/t13-/m0/s1. The van der Waals surface area contributed by atoms with Crippen LogP contribution < -0.4 is 10.6 Å². The predicted molar refractivity (Wildman–Crippen MR) is 113 cm³/mol. The fraction of sp³-hybridized carbons (Fsp3) is 0.571. The Morgan fingerprint density at radius 3 is 2.27 bits per heavy atom. The Bertz CT molecular complexity index is 956. The summed E-state index contributed by atoms with van der Waals surface area (Å²) in [6.07, 6.45) is 0.416. The summed E-state index contributed by atoms with van der Waals surface area (Å²) in [4.78, 5) is 41.7. The Kier molecular flexibility index (Phi) is 6.84. The second kappa shape index (κ2) is 8.81. The number of nitrogens with one attached hydrogen (secondary N) is 2. The first kappa shape index (κ1) is 23.3. The van der Waals surface area contributed by atoms with E-state index in [9.17, 15) is 14.4 Å². The highest BCUT2D eigenvalue weighted by Crippen LogP contribution is 2.25. The Morgan fingerprint density at radius 2 is 1.73 bits per heavy atom. The first-order chi connectivity index (χ1) is 13.8. The van der Waals surface area contributed by atoms with Gasteiger partial charge in [0.1, 0.15) is 0 Å². The predicted octanol–water partition coefficient (Wildman–Crippen LogP) is 3.31. The Labute approximate surface area is 176 Å². The Hall–Kier alpha value is -2.97. The van der Waals surface area contributed by atoms with Crippen LogP contribution in [0, 0.1) is 0 Å². The molecule has 2 aromatic rings. The van der Waals surface area contributed by atoms with Gasteiger partial charge in [0, 0.05) is 17.3 Å². The SMILES string of the molecule is CC(C)c1cc(C(=O)O[C@@H](C)C(=O)NC(=O)NC(C)(C)C)c2cnn(C(C)C)c2n1. The third-order valence-electron chi connectivity index (χ3n) is 4.27. The molecule has 0 aromatic carbocycles. The molecule has 0 unspecified atom stereocenters. The van der Waals surface area contributed by atoms with Crippen LogP contribution in [0.4, 0.5) is 4.79 Å². The normalized spacial score (nSPS) is 12.9. The van der Waals surface area contributed by atoms with Crippen LogP contribution in [0.2, 0.25) is 0 Å². The number of esters is 1. The number of carbonyl (C=O) groups excluding carboxylic acids is 3. The van der Waals surface area contributed by atoms with Crippen LogP contribution in [0.15, 0.2) is 12.3 Å². The van der Waals surface area contributed by atoms with E-state index in [1.54, 1.807) is 37.7 Å². The highest BCUT2D eigenvalue weighted by Gasteiger charge is 2.25. The van der Waals surface area contributed by atoms with Gasteiger partial charge in [-0.05, 0) is 53.5 Å². The molecule has 0 spiro atoms. The van der Waals surface area contributed by atoms with Gasteiger partial charge in [0.25, 0.3) is 5.91 Å². The second-order valence-electron chi connectivity index (χ2n) is 8.91. The van der Waals surface area contributed by atoms with Crippen molar-refractivity contribution < 1.29 is 19.1 Å². The van der Waals surface area contributed by atoms with Crippen molar-refractivity contribution in [3.05, 3.63) is 23.5 Å². The highest BCUT2D eigenvalue weighted by atomic mass is 16.5. The Morgan fingerprint density at radius 1 is 1.10 bits per heavy atom. The molecule has 0 radical (unpaired) electrons. The summed E-state index contributed by atoms with van der Waals surface area (Å²) >= 11 is 0. The molecule has 9 nitrogen and oxygen atoms in total. The van der Waals surface area contributed by atoms with E-state index in [0.29, 0.717) is 11.0 Å². The molecule has 0 saturated heterocycles. The maximum atomic E-state index is 12.9. The van der Waals surface area contributed by atoms with Crippen LogP contribution in [0.5, 0.6) is 0 Å². The number of pyridine rings is 1. The van der Waals surface area contributed by atoms with Crippen molar-refractivity contribution in [1.82, 2.24) is 25.4 Å². The van der Waals surface area contributed by atoms with Crippen LogP contribution in [0.1, 0.15) is 83.4 Å². The van der Waals surface area contributed by atoms with E-state index >= 15 is 0 Å². The minimum atomic E-state index is -1.16. The van der Waals surface area contributed by atoms with Crippen molar-refractivity contribution >= 4 is 28.9 Å². The summed E-state index contributed by atoms with van der Waals surface area (Å²) in [7, 11) is 0. The van der Waals surface area contributed by atoms with E-state index in [1.165, 1.54) is 6.92 Å². The molecule has 9 heteroatoms. The number of ether oxygens (including phenoxy) is 1. The molecule has 2 aromatic heterocycles. The molecule has 3 amide bonds. The number of hydrogen-bond donors (Lipinski definition) is 2. The molecule has 0 bridgehead atoms. The number of rotatable bonds is 5. The molecule has 2 N–H and O–H groups in total. The van der Waals surface area contributed by atoms with E-state index in [0.717, 1.165) is 5.69 Å². The van der Waals surface area contributed by atoms with E-state index in [2.05, 4.69) is 20.7 Å². The molecule has 2 rings (SSSR count). The third-order valence-corrected chi connectivity index (χ3v) is 4.27. The van der Waals surface area contributed by atoms with Crippen molar-refractivity contribution in [1.29, 1.82) is 0 Å². The number of nitrogens with zero attached hydrogens (tertiary/aromatic N) is 3. The quantitative estimate of drug-likeness (QED) is 0.721. The smallest absolute Gasteiger partial charge is 0.339 e. The molecule has 0 saturated carbocycles. The summed E-state index contributed by atoms with van der Waals surface area (Å²) in [5, 5.41) is 9.69. The van der Waals surface area contributed by atoms with Gasteiger partial charge in [0.2, 0.25) is 0 Å². The van der Waals surface area contributed by atoms with Gasteiger partial charge in [0.15, 0.2) is 11.8 Å². The Balaban J connectivity index is 2.25. The van der Waals surface area contributed by atoms with Gasteiger partial charge in [0.05, 0.1) is 17.1 Å². The lowest BCUT2D eigenvalue weighted by molar-refractivity contribution is -0.127. The molecule has 30 heavy (non-hydrogen) atoms. The molecule has 0 fully saturated rings. The van der Waals surface area contributed by atoms with Gasteiger partial charge in [-0.1, -0.05) is 13.8 Å². The van der Waals surface area contributed by atoms with E-state index in [-0.39, 0.29) is 17.5 Å². The average molecular weight is 418 g/mol. The van der Waals surface area contributed by atoms with Crippen LogP contribution in [-0.4, -0.2) is 44.3 Å². The van der Waals surface area contributed by atoms with E-state index in [4.69, 9.17) is 4.74 Å². The fourth-order valence-electron chi connectivity index (χ4n) is 2.74. The molecule has 0 aliphatic rings. The number of amides is 3. The molecule has 164 valence electrons. The molecule has 0 aliphatic carbocycles. The van der Waals surface area contributed by atoms with Crippen molar-refractivity contribution in [2.45, 2.75) is 79.0 Å². The van der Waals surface area contributed by atoms with Crippen molar-refractivity contribution in [3.8, 4) is 0 Å². The summed E-state index contributed by atoms with van der Waals surface area (Å²) < 4.78 is 7.09. The zero-order valence-corrected chi connectivity index (χ0v) is 18.9. The molecular weight excluding hydrogens is 386 g/mol. The summed E-state index contributed by atoms with van der Waals surface area (Å²) in [5.41, 5.74) is 1.09. The minimum Gasteiger partial charge on any atom is -0.449 e. The van der Waals surface area contributed by atoms with Crippen molar-refractivity contribution in [2.24, 2.45) is 0 Å². The number of carbonyl (C=O) groups is 3. The lowest BCUT2D eigenvalue weighted by Gasteiger charge is -2.21. The molecule has 0 aliphatic heterocycles. The first-order valence-electron chi connectivity index (χ1n) is 10.0. The van der Waals surface area contributed by atoms with E-state index < -0.39 is 29.6 Å². The lowest BCUT2D eigenvalue weighted by atomic mass is 10.1. The van der Waals surface area contributed by atoms with E-state index in [1.807, 2.05) is 27.7 Å². The second-order valence-corrected chi connectivity index (χ2v) is 8.91. The van der Waals surface area contributed by atoms with Gasteiger partial charge in [-0.3, -0.25) is 10.1 Å². The molecular formula is C21H31N5O4. The van der Waals surface area contributed by atoms with Crippen molar-refractivity contribution in [3.63, 3.8) is 0 Å². The van der Waals surface area contributed by atoms with Crippen LogP contribution in [0.3, 0.4) is 0 Å².